The molecule has 1 N–H and O–H groups in total. The highest BCUT2D eigenvalue weighted by Crippen LogP contribution is 2.35. The third-order valence-electron chi connectivity index (χ3n) is 4.69. The summed E-state index contributed by atoms with van der Waals surface area (Å²) in [5, 5.41) is 1.53. The van der Waals surface area contributed by atoms with E-state index >= 15 is 0 Å². The molecule has 0 saturated carbocycles. The molecule has 3 nitrogen and oxygen atoms in total. The van der Waals surface area contributed by atoms with Gasteiger partial charge in [0.2, 0.25) is 0 Å². The molecular formula is C18H17ClN2OS2. The van der Waals surface area contributed by atoms with Gasteiger partial charge in [0.1, 0.15) is 4.83 Å². The topological polar surface area (TPSA) is 37.8 Å². The van der Waals surface area contributed by atoms with E-state index in [1.165, 1.54) is 10.4 Å². The summed E-state index contributed by atoms with van der Waals surface area (Å²) in [5.41, 5.74) is 2.27. The van der Waals surface area contributed by atoms with Crippen LogP contribution >= 0.6 is 35.2 Å². The van der Waals surface area contributed by atoms with Gasteiger partial charge in [-0.2, -0.15) is 0 Å². The van der Waals surface area contributed by atoms with Gasteiger partial charge >= 0.3 is 0 Å². The average Bonchev–Trinajstić information content (AvgIpc) is 2.90. The minimum atomic E-state index is 0.0238. The second-order valence-corrected chi connectivity index (χ2v) is 8.43. The molecule has 1 aromatic carbocycles. The van der Waals surface area contributed by atoms with E-state index in [0.717, 1.165) is 35.0 Å². The molecule has 2 aromatic heterocycles. The van der Waals surface area contributed by atoms with Crippen LogP contribution in [0.25, 0.3) is 10.2 Å². The molecule has 2 heterocycles. The SMILES string of the molecule is C[C@@H]1CCc2c(sc3[nH]c(=S)n(Cc4ccc(Cl)cc4)c(=O)c23)C1. The fourth-order valence-electron chi connectivity index (χ4n) is 3.37. The average molecular weight is 377 g/mol. The first-order valence-electron chi connectivity index (χ1n) is 8.04. The zero-order valence-electron chi connectivity index (χ0n) is 13.3. The Morgan fingerprint density at radius 1 is 1.38 bits per heavy atom. The second kappa shape index (κ2) is 6.14. The first-order valence-corrected chi connectivity index (χ1v) is 9.65. The van der Waals surface area contributed by atoms with Crippen LogP contribution in [0.5, 0.6) is 0 Å². The lowest BCUT2D eigenvalue weighted by Crippen LogP contribution is -2.23. The predicted octanol–water partition coefficient (Wildman–Crippen LogP) is 4.95. The quantitative estimate of drug-likeness (QED) is 0.643. The number of fused-ring (bicyclic) bond motifs is 3. The zero-order chi connectivity index (χ0) is 16.8. The predicted molar refractivity (Wildman–Crippen MR) is 103 cm³/mol. The maximum absolute atomic E-state index is 13.1. The number of aromatic nitrogens is 2. The van der Waals surface area contributed by atoms with Crippen LogP contribution in [-0.2, 0) is 19.4 Å². The van der Waals surface area contributed by atoms with Gasteiger partial charge in [-0.05, 0) is 60.7 Å². The van der Waals surface area contributed by atoms with Crippen LogP contribution in [0, 0.1) is 10.7 Å². The Morgan fingerprint density at radius 3 is 2.88 bits per heavy atom. The van der Waals surface area contributed by atoms with Gasteiger partial charge in [-0.15, -0.1) is 11.3 Å². The first-order chi connectivity index (χ1) is 11.5. The van der Waals surface area contributed by atoms with Crippen LogP contribution in [0.4, 0.5) is 0 Å². The van der Waals surface area contributed by atoms with E-state index in [4.69, 9.17) is 23.8 Å². The molecule has 0 aliphatic heterocycles. The molecular weight excluding hydrogens is 360 g/mol. The lowest BCUT2D eigenvalue weighted by atomic mass is 9.89. The standard InChI is InChI=1S/C18H17ClN2OS2/c1-10-2-7-13-14(8-10)24-16-15(13)17(22)21(18(23)20-16)9-11-3-5-12(19)6-4-11/h3-6,10H,2,7-9H2,1H3,(H,20,23)/t10-/m1/s1. The molecule has 3 aromatic rings. The largest absolute Gasteiger partial charge is 0.323 e. The number of H-pyrrole nitrogens is 1. The summed E-state index contributed by atoms with van der Waals surface area (Å²) in [4.78, 5) is 18.6. The molecule has 4 rings (SSSR count). The number of aryl methyl sites for hydroxylation is 1. The number of hydrogen-bond donors (Lipinski definition) is 1. The minimum Gasteiger partial charge on any atom is -0.323 e. The molecule has 0 unspecified atom stereocenters. The van der Waals surface area contributed by atoms with Crippen molar-refractivity contribution in [3.63, 3.8) is 0 Å². The third kappa shape index (κ3) is 2.75. The van der Waals surface area contributed by atoms with Crippen molar-refractivity contribution < 1.29 is 0 Å². The Morgan fingerprint density at radius 2 is 2.12 bits per heavy atom. The number of thiophene rings is 1. The maximum Gasteiger partial charge on any atom is 0.263 e. The molecule has 6 heteroatoms. The van der Waals surface area contributed by atoms with E-state index < -0.39 is 0 Å². The van der Waals surface area contributed by atoms with E-state index in [-0.39, 0.29) is 5.56 Å². The van der Waals surface area contributed by atoms with Crippen LogP contribution in [0.15, 0.2) is 29.1 Å². The Balaban J connectivity index is 1.86. The summed E-state index contributed by atoms with van der Waals surface area (Å²) < 4.78 is 2.14. The van der Waals surface area contributed by atoms with Gasteiger partial charge in [-0.1, -0.05) is 30.7 Å². The van der Waals surface area contributed by atoms with Gasteiger partial charge < -0.3 is 4.98 Å². The summed E-state index contributed by atoms with van der Waals surface area (Å²) in [5.74, 6) is 0.685. The van der Waals surface area contributed by atoms with Crippen molar-refractivity contribution in [1.82, 2.24) is 9.55 Å². The van der Waals surface area contributed by atoms with Crippen molar-refractivity contribution in [1.29, 1.82) is 0 Å². The van der Waals surface area contributed by atoms with Gasteiger partial charge in [0.15, 0.2) is 4.77 Å². The van der Waals surface area contributed by atoms with Crippen LogP contribution in [0.2, 0.25) is 5.02 Å². The molecule has 1 atom stereocenters. The van der Waals surface area contributed by atoms with Crippen molar-refractivity contribution >= 4 is 45.4 Å². The Hall–Kier alpha value is -1.43. The smallest absolute Gasteiger partial charge is 0.263 e. The van der Waals surface area contributed by atoms with Crippen LogP contribution < -0.4 is 5.56 Å². The fourth-order valence-corrected chi connectivity index (χ4v) is 5.21. The minimum absolute atomic E-state index is 0.0238. The lowest BCUT2D eigenvalue weighted by molar-refractivity contribution is 0.509. The van der Waals surface area contributed by atoms with Crippen LogP contribution in [0.1, 0.15) is 29.3 Å². The molecule has 0 spiro atoms. The summed E-state index contributed by atoms with van der Waals surface area (Å²) in [6.45, 7) is 2.73. The van der Waals surface area contributed by atoms with E-state index in [1.54, 1.807) is 15.9 Å². The van der Waals surface area contributed by atoms with Crippen molar-refractivity contribution in [2.45, 2.75) is 32.7 Å². The van der Waals surface area contributed by atoms with Crippen molar-refractivity contribution in [2.75, 3.05) is 0 Å². The van der Waals surface area contributed by atoms with Crippen LogP contribution in [0.3, 0.4) is 0 Å². The molecule has 124 valence electrons. The van der Waals surface area contributed by atoms with E-state index in [0.29, 0.717) is 22.3 Å². The molecule has 0 bridgehead atoms. The van der Waals surface area contributed by atoms with Gasteiger partial charge in [-0.3, -0.25) is 9.36 Å². The molecule has 0 saturated heterocycles. The molecule has 0 fully saturated rings. The highest BCUT2D eigenvalue weighted by atomic mass is 35.5. The highest BCUT2D eigenvalue weighted by Gasteiger charge is 2.23. The van der Waals surface area contributed by atoms with E-state index in [1.807, 2.05) is 24.3 Å². The number of rotatable bonds is 2. The van der Waals surface area contributed by atoms with Crippen molar-refractivity contribution in [3.8, 4) is 0 Å². The molecule has 0 amide bonds. The third-order valence-corrected chi connectivity index (χ3v) is 6.43. The molecule has 1 aliphatic rings. The number of hydrogen-bond acceptors (Lipinski definition) is 3. The van der Waals surface area contributed by atoms with Gasteiger partial charge in [-0.25, -0.2) is 0 Å². The Bertz CT molecular complexity index is 1030. The summed E-state index contributed by atoms with van der Waals surface area (Å²) in [7, 11) is 0. The number of aromatic amines is 1. The van der Waals surface area contributed by atoms with Gasteiger partial charge in [0.25, 0.3) is 5.56 Å². The molecule has 0 radical (unpaired) electrons. The van der Waals surface area contributed by atoms with Gasteiger partial charge in [0.05, 0.1) is 11.9 Å². The van der Waals surface area contributed by atoms with E-state index in [9.17, 15) is 4.79 Å². The van der Waals surface area contributed by atoms with Crippen LogP contribution in [-0.4, -0.2) is 9.55 Å². The van der Waals surface area contributed by atoms with E-state index in [2.05, 4.69) is 11.9 Å². The first kappa shape index (κ1) is 16.1. The normalized spacial score (nSPS) is 17.2. The maximum atomic E-state index is 13.1. The lowest BCUT2D eigenvalue weighted by Gasteiger charge is -2.17. The zero-order valence-corrected chi connectivity index (χ0v) is 15.7. The summed E-state index contributed by atoms with van der Waals surface area (Å²) >= 11 is 13.1. The number of benzene rings is 1. The molecule has 24 heavy (non-hydrogen) atoms. The number of nitrogens with zero attached hydrogens (tertiary/aromatic N) is 1. The van der Waals surface area contributed by atoms with Gasteiger partial charge in [0, 0.05) is 9.90 Å². The summed E-state index contributed by atoms with van der Waals surface area (Å²) in [6.07, 6.45) is 3.19. The Kier molecular flexibility index (Phi) is 4.11. The number of nitrogens with one attached hydrogen (secondary N) is 1. The summed E-state index contributed by atoms with van der Waals surface area (Å²) in [6, 6.07) is 7.53. The van der Waals surface area contributed by atoms with Crippen molar-refractivity contribution in [2.24, 2.45) is 5.92 Å². The molecule has 1 aliphatic carbocycles. The Labute approximate surface area is 153 Å². The highest BCUT2D eigenvalue weighted by molar-refractivity contribution is 7.71. The second-order valence-electron chi connectivity index (χ2n) is 6.50. The monoisotopic (exact) mass is 376 g/mol. The van der Waals surface area contributed by atoms with Crippen molar-refractivity contribution in [3.05, 3.63) is 60.4 Å². The number of halogens is 1. The fraction of sp³-hybridized carbons (Fsp3) is 0.333.